The summed E-state index contributed by atoms with van der Waals surface area (Å²) in [4.78, 5) is 32.5. The summed E-state index contributed by atoms with van der Waals surface area (Å²) in [6.07, 6.45) is 4.40. The molecule has 0 unspecified atom stereocenters. The van der Waals surface area contributed by atoms with Crippen LogP contribution in [-0.4, -0.2) is 31.9 Å². The van der Waals surface area contributed by atoms with Gasteiger partial charge in [-0.2, -0.15) is 0 Å². The second kappa shape index (κ2) is 13.3. The fourth-order valence-electron chi connectivity index (χ4n) is 6.40. The van der Waals surface area contributed by atoms with Crippen molar-refractivity contribution in [1.29, 1.82) is 0 Å². The summed E-state index contributed by atoms with van der Waals surface area (Å²) in [7, 11) is 1.64. The van der Waals surface area contributed by atoms with Crippen LogP contribution < -0.4 is 19.9 Å². The number of anilines is 3. The maximum atomic E-state index is 14.3. The summed E-state index contributed by atoms with van der Waals surface area (Å²) in [5.74, 6) is 0.921. The SMILES string of the molecule is CCCCCC(=O)N1c2ccccc2NC2=C(C(=O)C[C@@H](c3ccc(N(CC)CC)cc3)C2)[C@@H]1c1ccc(OC)cc1. The van der Waals surface area contributed by atoms with Gasteiger partial charge >= 0.3 is 0 Å². The molecule has 1 heterocycles. The van der Waals surface area contributed by atoms with Gasteiger partial charge < -0.3 is 15.0 Å². The molecule has 5 rings (SSSR count). The topological polar surface area (TPSA) is 61.9 Å². The van der Waals surface area contributed by atoms with Crippen molar-refractivity contribution in [2.45, 2.75) is 71.3 Å². The molecule has 1 aliphatic carbocycles. The van der Waals surface area contributed by atoms with E-state index in [4.69, 9.17) is 4.74 Å². The van der Waals surface area contributed by atoms with Crippen molar-refractivity contribution in [3.8, 4) is 5.75 Å². The van der Waals surface area contributed by atoms with Crippen molar-refractivity contribution < 1.29 is 14.3 Å². The first-order valence-corrected chi connectivity index (χ1v) is 15.4. The molecule has 0 spiro atoms. The largest absolute Gasteiger partial charge is 0.497 e. The van der Waals surface area contributed by atoms with Gasteiger partial charge in [-0.1, -0.05) is 56.2 Å². The number of unbranched alkanes of at least 4 members (excludes halogenated alkanes) is 2. The maximum Gasteiger partial charge on any atom is 0.227 e. The van der Waals surface area contributed by atoms with E-state index in [0.717, 1.165) is 60.7 Å². The average Bonchev–Trinajstić information content (AvgIpc) is 3.17. The van der Waals surface area contributed by atoms with E-state index in [1.54, 1.807) is 7.11 Å². The molecule has 0 aromatic heterocycles. The van der Waals surface area contributed by atoms with Crippen molar-refractivity contribution in [3.05, 3.63) is 95.2 Å². The second-order valence-corrected chi connectivity index (χ2v) is 11.2. The Morgan fingerprint density at radius 3 is 2.26 bits per heavy atom. The minimum absolute atomic E-state index is 0.0363. The number of para-hydroxylation sites is 2. The standard InChI is InChI=1S/C36H43N3O3/c1-5-8-9-14-34(41)39-32-13-11-10-12-30(32)37-31-23-27(25-15-19-28(20-16-25)38(6-2)7-3)24-33(40)35(31)36(39)26-17-21-29(42-4)22-18-26/h10-13,15-22,27,36-37H,5-9,14,23-24H2,1-4H3/t27-,36-/m0/s1. The molecule has 6 heteroatoms. The van der Waals surface area contributed by atoms with Crippen molar-refractivity contribution in [3.63, 3.8) is 0 Å². The van der Waals surface area contributed by atoms with Crippen LogP contribution in [0.25, 0.3) is 0 Å². The number of allylic oxidation sites excluding steroid dienone is 1. The summed E-state index contributed by atoms with van der Waals surface area (Å²) < 4.78 is 5.43. The number of fused-ring (bicyclic) bond motifs is 1. The molecule has 3 aromatic rings. The molecule has 0 radical (unpaired) electrons. The fraction of sp³-hybridized carbons (Fsp3) is 0.389. The lowest BCUT2D eigenvalue weighted by Gasteiger charge is -2.35. The zero-order valence-electron chi connectivity index (χ0n) is 25.4. The minimum Gasteiger partial charge on any atom is -0.497 e. The molecule has 6 nitrogen and oxygen atoms in total. The lowest BCUT2D eigenvalue weighted by atomic mass is 9.78. The molecule has 220 valence electrons. The number of nitrogens with zero attached hydrogens (tertiary/aromatic N) is 2. The number of Topliss-reactive ketones (excluding diaryl/α,β-unsaturated/α-hetero) is 1. The van der Waals surface area contributed by atoms with Gasteiger partial charge in [-0.25, -0.2) is 0 Å². The monoisotopic (exact) mass is 565 g/mol. The zero-order chi connectivity index (χ0) is 29.6. The Labute approximate surface area is 250 Å². The maximum absolute atomic E-state index is 14.3. The molecule has 0 saturated carbocycles. The van der Waals surface area contributed by atoms with Gasteiger partial charge in [0.1, 0.15) is 5.75 Å². The molecule has 2 aliphatic rings. The first-order valence-electron chi connectivity index (χ1n) is 15.4. The summed E-state index contributed by atoms with van der Waals surface area (Å²) in [6.45, 7) is 8.38. The number of carbonyl (C=O) groups is 2. The number of carbonyl (C=O) groups excluding carboxylic acids is 2. The molecule has 1 aliphatic heterocycles. The molecule has 2 atom stereocenters. The van der Waals surface area contributed by atoms with E-state index >= 15 is 0 Å². The molecule has 42 heavy (non-hydrogen) atoms. The lowest BCUT2D eigenvalue weighted by molar-refractivity contribution is -0.119. The van der Waals surface area contributed by atoms with Gasteiger partial charge in [0.15, 0.2) is 5.78 Å². The van der Waals surface area contributed by atoms with E-state index in [1.807, 2.05) is 53.4 Å². The zero-order valence-corrected chi connectivity index (χ0v) is 25.4. The minimum atomic E-state index is -0.519. The summed E-state index contributed by atoms with van der Waals surface area (Å²) in [6, 6.07) is 23.9. The van der Waals surface area contributed by atoms with E-state index < -0.39 is 6.04 Å². The Morgan fingerprint density at radius 1 is 0.905 bits per heavy atom. The molecule has 3 aromatic carbocycles. The van der Waals surface area contributed by atoms with Crippen molar-refractivity contribution in [1.82, 2.24) is 0 Å². The highest BCUT2D eigenvalue weighted by Gasteiger charge is 2.41. The molecule has 0 saturated heterocycles. The Morgan fingerprint density at radius 2 is 1.60 bits per heavy atom. The van der Waals surface area contributed by atoms with Gasteiger partial charge in [-0.3, -0.25) is 14.5 Å². The number of methoxy groups -OCH3 is 1. The first kappa shape index (κ1) is 29.4. The number of rotatable bonds is 10. The number of nitrogens with one attached hydrogen (secondary N) is 1. The number of amides is 1. The average molecular weight is 566 g/mol. The number of hydrogen-bond acceptors (Lipinski definition) is 5. The van der Waals surface area contributed by atoms with Crippen LogP contribution in [0.5, 0.6) is 5.75 Å². The molecule has 0 bridgehead atoms. The number of ketones is 1. The third-order valence-electron chi connectivity index (χ3n) is 8.68. The Balaban J connectivity index is 1.59. The predicted octanol–water partition coefficient (Wildman–Crippen LogP) is 8.02. The Hall–Kier alpha value is -4.06. The fourth-order valence-corrected chi connectivity index (χ4v) is 6.40. The smallest absolute Gasteiger partial charge is 0.227 e. The van der Waals surface area contributed by atoms with Crippen LogP contribution in [0.1, 0.15) is 82.4 Å². The van der Waals surface area contributed by atoms with E-state index in [2.05, 4.69) is 55.3 Å². The molecule has 0 fully saturated rings. The van der Waals surface area contributed by atoms with Gasteiger partial charge in [-0.05, 0) is 80.1 Å². The summed E-state index contributed by atoms with van der Waals surface area (Å²) in [5.41, 5.74) is 6.53. The quantitative estimate of drug-likeness (QED) is 0.252. The predicted molar refractivity (Wildman–Crippen MR) is 171 cm³/mol. The van der Waals surface area contributed by atoms with Gasteiger partial charge in [0.2, 0.25) is 5.91 Å². The highest BCUT2D eigenvalue weighted by atomic mass is 16.5. The van der Waals surface area contributed by atoms with Crippen LogP contribution in [0.4, 0.5) is 17.1 Å². The van der Waals surface area contributed by atoms with Crippen molar-refractivity contribution >= 4 is 28.8 Å². The normalized spacial score (nSPS) is 18.1. The van der Waals surface area contributed by atoms with Crippen LogP contribution in [0.15, 0.2) is 84.1 Å². The third-order valence-corrected chi connectivity index (χ3v) is 8.68. The van der Waals surface area contributed by atoms with Crippen LogP contribution in [-0.2, 0) is 9.59 Å². The number of hydrogen-bond donors (Lipinski definition) is 1. The molecular weight excluding hydrogens is 522 g/mol. The number of benzene rings is 3. The van der Waals surface area contributed by atoms with Crippen LogP contribution >= 0.6 is 0 Å². The van der Waals surface area contributed by atoms with E-state index in [0.29, 0.717) is 24.8 Å². The van der Waals surface area contributed by atoms with Crippen molar-refractivity contribution in [2.75, 3.05) is 35.3 Å². The van der Waals surface area contributed by atoms with Gasteiger partial charge in [0.05, 0.1) is 24.5 Å². The Bertz CT molecular complexity index is 1420. The molecule has 1 amide bonds. The van der Waals surface area contributed by atoms with E-state index in [1.165, 1.54) is 11.3 Å². The third kappa shape index (κ3) is 5.94. The number of ether oxygens (including phenoxy) is 1. The van der Waals surface area contributed by atoms with E-state index in [9.17, 15) is 9.59 Å². The van der Waals surface area contributed by atoms with Crippen LogP contribution in [0.2, 0.25) is 0 Å². The lowest BCUT2D eigenvalue weighted by Crippen LogP contribution is -2.38. The van der Waals surface area contributed by atoms with Crippen molar-refractivity contribution in [2.24, 2.45) is 0 Å². The van der Waals surface area contributed by atoms with Crippen LogP contribution in [0.3, 0.4) is 0 Å². The summed E-state index contributed by atoms with van der Waals surface area (Å²) in [5, 5.41) is 3.65. The van der Waals surface area contributed by atoms with Gasteiger partial charge in [-0.15, -0.1) is 0 Å². The molecular formula is C36H43N3O3. The Kier molecular flexibility index (Phi) is 9.31. The highest BCUT2D eigenvalue weighted by Crippen LogP contribution is 2.48. The van der Waals surface area contributed by atoms with E-state index in [-0.39, 0.29) is 17.6 Å². The van der Waals surface area contributed by atoms with Gasteiger partial charge in [0.25, 0.3) is 0 Å². The van der Waals surface area contributed by atoms with Crippen LogP contribution in [0, 0.1) is 0 Å². The highest BCUT2D eigenvalue weighted by molar-refractivity contribution is 6.06. The molecule has 1 N–H and O–H groups in total. The summed E-state index contributed by atoms with van der Waals surface area (Å²) >= 11 is 0. The van der Waals surface area contributed by atoms with Gasteiger partial charge in [0, 0.05) is 42.9 Å². The second-order valence-electron chi connectivity index (χ2n) is 11.2. The first-order chi connectivity index (χ1) is 20.5.